The Morgan fingerprint density at radius 1 is 1.19 bits per heavy atom. The van der Waals surface area contributed by atoms with Crippen molar-refractivity contribution in [1.29, 1.82) is 0 Å². The molecule has 0 spiro atoms. The van der Waals surface area contributed by atoms with Gasteiger partial charge in [0.05, 0.1) is 19.8 Å². The Bertz CT molecular complexity index is 816. The van der Waals surface area contributed by atoms with Crippen molar-refractivity contribution in [3.05, 3.63) is 60.2 Å². The highest BCUT2D eigenvalue weighted by molar-refractivity contribution is 5.45. The molecule has 0 saturated carbocycles. The summed E-state index contributed by atoms with van der Waals surface area (Å²) in [6.45, 7) is 4.96. The Labute approximate surface area is 152 Å². The molecule has 2 aromatic rings. The van der Waals surface area contributed by atoms with Crippen LogP contribution < -0.4 is 14.2 Å². The largest absolute Gasteiger partial charge is 0.504 e. The highest BCUT2D eigenvalue weighted by Crippen LogP contribution is 2.43. The number of hydrogen-bond donors (Lipinski definition) is 1. The molecule has 5 heteroatoms. The minimum Gasteiger partial charge on any atom is -0.504 e. The number of benzene rings is 2. The lowest BCUT2D eigenvalue weighted by Gasteiger charge is -2.20. The predicted molar refractivity (Wildman–Crippen MR) is 96.8 cm³/mol. The second-order valence-corrected chi connectivity index (χ2v) is 6.65. The topological polar surface area (TPSA) is 57.2 Å². The molecular weight excluding hydrogens is 332 g/mol. The van der Waals surface area contributed by atoms with E-state index in [1.54, 1.807) is 13.2 Å². The van der Waals surface area contributed by atoms with E-state index >= 15 is 0 Å². The summed E-state index contributed by atoms with van der Waals surface area (Å²) in [5.74, 6) is 2.67. The number of fused-ring (bicyclic) bond motifs is 1. The number of methoxy groups -OCH3 is 1. The van der Waals surface area contributed by atoms with Gasteiger partial charge >= 0.3 is 0 Å². The molecule has 0 amide bonds. The molecule has 26 heavy (non-hydrogen) atoms. The number of hydrogen-bond acceptors (Lipinski definition) is 5. The summed E-state index contributed by atoms with van der Waals surface area (Å²) in [6, 6.07) is 11.4. The summed E-state index contributed by atoms with van der Waals surface area (Å²) in [6.07, 6.45) is 2.74. The molecule has 0 bridgehead atoms. The van der Waals surface area contributed by atoms with Gasteiger partial charge in [0, 0.05) is 5.92 Å². The Hall–Kier alpha value is -2.66. The molecule has 2 aliphatic heterocycles. The van der Waals surface area contributed by atoms with E-state index in [1.165, 1.54) is 5.56 Å². The molecule has 0 aliphatic carbocycles. The van der Waals surface area contributed by atoms with Gasteiger partial charge in [-0.1, -0.05) is 18.2 Å². The zero-order valence-corrected chi connectivity index (χ0v) is 14.7. The lowest BCUT2D eigenvalue weighted by molar-refractivity contribution is 0.0975. The molecule has 2 heterocycles. The highest BCUT2D eigenvalue weighted by atomic mass is 16.7. The van der Waals surface area contributed by atoms with Crippen LogP contribution in [0, 0.1) is 11.8 Å². The molecule has 1 saturated heterocycles. The maximum Gasteiger partial charge on any atom is 0.231 e. The van der Waals surface area contributed by atoms with Crippen LogP contribution in [0.15, 0.2) is 49.1 Å². The second-order valence-electron chi connectivity index (χ2n) is 6.65. The average Bonchev–Trinajstić information content (AvgIpc) is 3.28. The van der Waals surface area contributed by atoms with Crippen molar-refractivity contribution < 1.29 is 24.1 Å². The summed E-state index contributed by atoms with van der Waals surface area (Å²) in [5, 5.41) is 9.82. The van der Waals surface area contributed by atoms with Crippen molar-refractivity contribution in [2.75, 3.05) is 20.5 Å². The van der Waals surface area contributed by atoms with Crippen LogP contribution in [0.3, 0.4) is 0 Å². The Morgan fingerprint density at radius 2 is 2.04 bits per heavy atom. The Kier molecular flexibility index (Phi) is 4.47. The molecule has 136 valence electrons. The fourth-order valence-corrected chi connectivity index (χ4v) is 3.77. The predicted octanol–water partition coefficient (Wildman–Crippen LogP) is 3.86. The van der Waals surface area contributed by atoms with Crippen LogP contribution in [-0.4, -0.2) is 25.6 Å². The molecule has 3 atom stereocenters. The van der Waals surface area contributed by atoms with E-state index in [0.717, 1.165) is 23.5 Å². The first-order valence-corrected chi connectivity index (χ1v) is 8.69. The summed E-state index contributed by atoms with van der Waals surface area (Å²) < 4.78 is 22.2. The van der Waals surface area contributed by atoms with Gasteiger partial charge in [0.15, 0.2) is 23.0 Å². The van der Waals surface area contributed by atoms with Gasteiger partial charge < -0.3 is 24.1 Å². The third-order valence-corrected chi connectivity index (χ3v) is 5.12. The molecular formula is C21H22O5. The molecule has 1 N–H and O–H groups in total. The van der Waals surface area contributed by atoms with Crippen molar-refractivity contribution in [2.24, 2.45) is 11.8 Å². The summed E-state index contributed by atoms with van der Waals surface area (Å²) >= 11 is 0. The van der Waals surface area contributed by atoms with Gasteiger partial charge in [-0.2, -0.15) is 0 Å². The SMILES string of the molecule is C=C[C@H]1[C@H](Cc2ccc3c(c2)OCO3)CO[C@@H]1c1ccc(O)c(OC)c1. The number of phenols is 1. The van der Waals surface area contributed by atoms with E-state index in [1.807, 2.05) is 30.3 Å². The first-order valence-electron chi connectivity index (χ1n) is 8.69. The van der Waals surface area contributed by atoms with Crippen molar-refractivity contribution in [3.8, 4) is 23.0 Å². The first kappa shape index (κ1) is 16.8. The monoisotopic (exact) mass is 354 g/mol. The minimum atomic E-state index is -0.0963. The van der Waals surface area contributed by atoms with E-state index in [9.17, 15) is 5.11 Å². The quantitative estimate of drug-likeness (QED) is 0.826. The molecule has 2 aromatic carbocycles. The smallest absolute Gasteiger partial charge is 0.231 e. The Morgan fingerprint density at radius 3 is 2.85 bits per heavy atom. The summed E-state index contributed by atoms with van der Waals surface area (Å²) in [4.78, 5) is 0. The molecule has 5 nitrogen and oxygen atoms in total. The molecule has 2 aliphatic rings. The molecule has 0 unspecified atom stereocenters. The van der Waals surface area contributed by atoms with Crippen molar-refractivity contribution in [1.82, 2.24) is 0 Å². The van der Waals surface area contributed by atoms with Crippen LogP contribution >= 0.6 is 0 Å². The number of rotatable bonds is 5. The lowest BCUT2D eigenvalue weighted by Crippen LogP contribution is -2.15. The standard InChI is InChI=1S/C21H22O5/c1-3-16-15(8-13-4-7-18-20(9-13)26-12-25-18)11-24-21(16)14-5-6-17(22)19(10-14)23-2/h3-7,9-10,15-16,21-22H,1,8,11-12H2,2H3/t15-,16+,21-/m1/s1. The van der Waals surface area contributed by atoms with Gasteiger partial charge in [-0.3, -0.25) is 0 Å². The molecule has 4 rings (SSSR count). The average molecular weight is 354 g/mol. The van der Waals surface area contributed by atoms with Crippen LogP contribution in [0.5, 0.6) is 23.0 Å². The van der Waals surface area contributed by atoms with Crippen molar-refractivity contribution in [2.45, 2.75) is 12.5 Å². The van der Waals surface area contributed by atoms with Crippen molar-refractivity contribution >= 4 is 0 Å². The summed E-state index contributed by atoms with van der Waals surface area (Å²) in [5.41, 5.74) is 2.18. The van der Waals surface area contributed by atoms with E-state index in [4.69, 9.17) is 18.9 Å². The Balaban J connectivity index is 1.53. The fraction of sp³-hybridized carbons (Fsp3) is 0.333. The van der Waals surface area contributed by atoms with Crippen LogP contribution in [0.1, 0.15) is 17.2 Å². The highest BCUT2D eigenvalue weighted by Gasteiger charge is 2.36. The summed E-state index contributed by atoms with van der Waals surface area (Å²) in [7, 11) is 1.54. The minimum absolute atomic E-state index is 0.0963. The van der Waals surface area contributed by atoms with E-state index < -0.39 is 0 Å². The second kappa shape index (κ2) is 6.92. The van der Waals surface area contributed by atoms with Gasteiger partial charge in [0.2, 0.25) is 6.79 Å². The fourth-order valence-electron chi connectivity index (χ4n) is 3.77. The lowest BCUT2D eigenvalue weighted by atomic mass is 9.84. The van der Waals surface area contributed by atoms with Crippen LogP contribution in [0.2, 0.25) is 0 Å². The first-order chi connectivity index (χ1) is 12.7. The zero-order valence-electron chi connectivity index (χ0n) is 14.7. The number of ether oxygens (including phenoxy) is 4. The molecule has 0 radical (unpaired) electrons. The normalized spacial score (nSPS) is 23.8. The van der Waals surface area contributed by atoms with Gasteiger partial charge in [-0.05, 0) is 47.7 Å². The van der Waals surface area contributed by atoms with E-state index in [2.05, 4.69) is 12.6 Å². The van der Waals surface area contributed by atoms with Crippen LogP contribution in [0.25, 0.3) is 0 Å². The third-order valence-electron chi connectivity index (χ3n) is 5.12. The third kappa shape index (κ3) is 2.99. The van der Waals surface area contributed by atoms with E-state index in [-0.39, 0.29) is 24.6 Å². The number of phenolic OH excluding ortho intramolecular Hbond substituents is 1. The molecule has 1 fully saturated rings. The zero-order chi connectivity index (χ0) is 18.1. The number of aromatic hydroxyl groups is 1. The molecule has 0 aromatic heterocycles. The van der Waals surface area contributed by atoms with Gasteiger partial charge in [0.1, 0.15) is 0 Å². The van der Waals surface area contributed by atoms with Gasteiger partial charge in [-0.15, -0.1) is 6.58 Å². The van der Waals surface area contributed by atoms with Crippen molar-refractivity contribution in [3.63, 3.8) is 0 Å². The maximum absolute atomic E-state index is 9.82. The maximum atomic E-state index is 9.82. The van der Waals surface area contributed by atoms with Gasteiger partial charge in [0.25, 0.3) is 0 Å². The van der Waals surface area contributed by atoms with Crippen LogP contribution in [-0.2, 0) is 11.2 Å². The van der Waals surface area contributed by atoms with Gasteiger partial charge in [-0.25, -0.2) is 0 Å². The van der Waals surface area contributed by atoms with Crippen LogP contribution in [0.4, 0.5) is 0 Å². The van der Waals surface area contributed by atoms with E-state index in [0.29, 0.717) is 18.3 Å².